The van der Waals surface area contributed by atoms with Gasteiger partial charge in [-0.3, -0.25) is 23.7 Å². The summed E-state index contributed by atoms with van der Waals surface area (Å²) >= 11 is 1.24. The maximum absolute atomic E-state index is 12.8. The number of carbonyl (C=O) groups is 1. The second-order valence-electron chi connectivity index (χ2n) is 7.65. The first-order chi connectivity index (χ1) is 17.5. The second-order valence-corrected chi connectivity index (χ2v) is 8.59. The van der Waals surface area contributed by atoms with Crippen LogP contribution in [-0.4, -0.2) is 51.6 Å². The van der Waals surface area contributed by atoms with Crippen LogP contribution in [0.25, 0.3) is 16.9 Å². The summed E-state index contributed by atoms with van der Waals surface area (Å²) in [6.45, 7) is 0.419. The van der Waals surface area contributed by atoms with Crippen LogP contribution in [-0.2, 0) is 16.1 Å². The van der Waals surface area contributed by atoms with Crippen molar-refractivity contribution in [2.45, 2.75) is 11.7 Å². The third kappa shape index (κ3) is 5.93. The minimum Gasteiger partial charge on any atom is -0.497 e. The Balaban J connectivity index is 1.57. The summed E-state index contributed by atoms with van der Waals surface area (Å²) in [7, 11) is 3.11. The SMILES string of the molecule is COCCn1c(NC(=O)CSc2nc(-c3ccccc3)cn2-c2ccc(OC)cc2)cc(=O)[nH]c1=O. The summed E-state index contributed by atoms with van der Waals surface area (Å²) in [5.41, 5.74) is 1.35. The summed E-state index contributed by atoms with van der Waals surface area (Å²) in [6, 6.07) is 18.4. The van der Waals surface area contributed by atoms with Crippen molar-refractivity contribution in [2.75, 3.05) is 31.9 Å². The highest BCUT2D eigenvalue weighted by atomic mass is 32.2. The number of aromatic nitrogens is 4. The molecule has 2 aromatic carbocycles. The molecule has 0 saturated carbocycles. The maximum Gasteiger partial charge on any atom is 0.329 e. The molecule has 2 heterocycles. The molecule has 0 atom stereocenters. The smallest absolute Gasteiger partial charge is 0.329 e. The van der Waals surface area contributed by atoms with Crippen molar-refractivity contribution >= 4 is 23.5 Å². The number of aromatic amines is 1. The molecule has 4 rings (SSSR count). The molecule has 10 nitrogen and oxygen atoms in total. The van der Waals surface area contributed by atoms with E-state index in [0.29, 0.717) is 5.16 Å². The van der Waals surface area contributed by atoms with Gasteiger partial charge in [-0.25, -0.2) is 9.78 Å². The molecule has 0 unspecified atom stereocenters. The van der Waals surface area contributed by atoms with Gasteiger partial charge in [-0.2, -0.15) is 0 Å². The molecule has 0 aliphatic carbocycles. The molecule has 0 fully saturated rings. The van der Waals surface area contributed by atoms with Crippen LogP contribution >= 0.6 is 11.8 Å². The van der Waals surface area contributed by atoms with Gasteiger partial charge in [-0.1, -0.05) is 42.1 Å². The number of thioether (sulfide) groups is 1. The van der Waals surface area contributed by atoms with E-state index in [1.165, 1.54) is 29.5 Å². The summed E-state index contributed by atoms with van der Waals surface area (Å²) in [5.74, 6) is 0.455. The highest BCUT2D eigenvalue weighted by molar-refractivity contribution is 7.99. The van der Waals surface area contributed by atoms with Gasteiger partial charge in [0.25, 0.3) is 5.56 Å². The fourth-order valence-corrected chi connectivity index (χ4v) is 4.27. The number of carbonyl (C=O) groups excluding carboxylic acids is 1. The standard InChI is InChI=1S/C25H25N5O5S/c1-34-13-12-29-21(14-22(31)28-24(29)33)27-23(32)16-36-25-26-20(17-6-4-3-5-7-17)15-30(25)18-8-10-19(35-2)11-9-18/h3-11,14-15H,12-13,16H2,1-2H3,(H,27,32)(H,28,31,33). The molecule has 0 bridgehead atoms. The molecule has 0 spiro atoms. The Morgan fingerprint density at radius 2 is 1.83 bits per heavy atom. The quantitative estimate of drug-likeness (QED) is 0.317. The van der Waals surface area contributed by atoms with Gasteiger partial charge >= 0.3 is 5.69 Å². The van der Waals surface area contributed by atoms with Gasteiger partial charge in [0.1, 0.15) is 11.6 Å². The lowest BCUT2D eigenvalue weighted by Gasteiger charge is -2.12. The first-order valence-corrected chi connectivity index (χ1v) is 12.0. The molecule has 11 heteroatoms. The maximum atomic E-state index is 12.8. The second kappa shape index (κ2) is 11.6. The monoisotopic (exact) mass is 507 g/mol. The number of benzene rings is 2. The van der Waals surface area contributed by atoms with E-state index in [1.54, 1.807) is 7.11 Å². The van der Waals surface area contributed by atoms with Gasteiger partial charge in [0, 0.05) is 30.6 Å². The zero-order chi connectivity index (χ0) is 25.5. The number of ether oxygens (including phenoxy) is 2. The van der Waals surface area contributed by atoms with Crippen molar-refractivity contribution in [2.24, 2.45) is 0 Å². The van der Waals surface area contributed by atoms with E-state index in [1.807, 2.05) is 65.4 Å². The van der Waals surface area contributed by atoms with Gasteiger partial charge in [0.15, 0.2) is 5.16 Å². The lowest BCUT2D eigenvalue weighted by molar-refractivity contribution is -0.113. The Hall–Kier alpha value is -4.09. The first-order valence-electron chi connectivity index (χ1n) is 11.0. The van der Waals surface area contributed by atoms with Gasteiger partial charge < -0.3 is 14.8 Å². The van der Waals surface area contributed by atoms with Crippen molar-refractivity contribution in [1.82, 2.24) is 19.1 Å². The van der Waals surface area contributed by atoms with E-state index < -0.39 is 11.2 Å². The molecular weight excluding hydrogens is 482 g/mol. The van der Waals surface area contributed by atoms with Crippen LogP contribution in [0.2, 0.25) is 0 Å². The average molecular weight is 508 g/mol. The Morgan fingerprint density at radius 3 is 2.53 bits per heavy atom. The molecule has 186 valence electrons. The van der Waals surface area contributed by atoms with Gasteiger partial charge in [-0.05, 0) is 24.3 Å². The highest BCUT2D eigenvalue weighted by Crippen LogP contribution is 2.28. The van der Waals surface area contributed by atoms with Crippen LogP contribution in [0.3, 0.4) is 0 Å². The fourth-order valence-electron chi connectivity index (χ4n) is 3.48. The predicted octanol–water partition coefficient (Wildman–Crippen LogP) is 2.78. The van der Waals surface area contributed by atoms with E-state index in [2.05, 4.69) is 10.3 Å². The third-order valence-electron chi connectivity index (χ3n) is 5.25. The first kappa shape index (κ1) is 25.0. The van der Waals surface area contributed by atoms with Crippen LogP contribution in [0.1, 0.15) is 0 Å². The number of hydrogen-bond acceptors (Lipinski definition) is 7. The van der Waals surface area contributed by atoms with Gasteiger partial charge in [-0.15, -0.1) is 0 Å². The van der Waals surface area contributed by atoms with Crippen LogP contribution in [0, 0.1) is 0 Å². The van der Waals surface area contributed by atoms with E-state index in [0.717, 1.165) is 22.7 Å². The van der Waals surface area contributed by atoms with Crippen LogP contribution in [0.4, 0.5) is 5.82 Å². The van der Waals surface area contributed by atoms with Gasteiger partial charge in [0.05, 0.1) is 31.7 Å². The molecule has 0 aliphatic rings. The third-order valence-corrected chi connectivity index (χ3v) is 6.20. The normalized spacial score (nSPS) is 10.8. The summed E-state index contributed by atoms with van der Waals surface area (Å²) in [6.07, 6.45) is 1.91. The Kier molecular flexibility index (Phi) is 8.03. The molecule has 2 N–H and O–H groups in total. The van der Waals surface area contributed by atoms with E-state index in [4.69, 9.17) is 14.5 Å². The number of hydrogen-bond donors (Lipinski definition) is 2. The number of anilines is 1. The van der Waals surface area contributed by atoms with Crippen molar-refractivity contribution in [3.8, 4) is 22.7 Å². The van der Waals surface area contributed by atoms with E-state index in [-0.39, 0.29) is 30.6 Å². The van der Waals surface area contributed by atoms with E-state index in [9.17, 15) is 14.4 Å². The lowest BCUT2D eigenvalue weighted by Crippen LogP contribution is -2.34. The van der Waals surface area contributed by atoms with Crippen LogP contribution < -0.4 is 21.3 Å². The number of amides is 1. The Bertz CT molecular complexity index is 1440. The number of H-pyrrole nitrogens is 1. The molecule has 1 amide bonds. The Labute approximate surface area is 210 Å². The van der Waals surface area contributed by atoms with Crippen molar-refractivity contribution in [1.29, 1.82) is 0 Å². The molecule has 36 heavy (non-hydrogen) atoms. The topological polar surface area (TPSA) is 120 Å². The number of methoxy groups -OCH3 is 2. The van der Waals surface area contributed by atoms with Crippen molar-refractivity contribution in [3.63, 3.8) is 0 Å². The summed E-state index contributed by atoms with van der Waals surface area (Å²) in [4.78, 5) is 43.7. The van der Waals surface area contributed by atoms with Crippen molar-refractivity contribution < 1.29 is 14.3 Å². The zero-order valence-corrected chi connectivity index (χ0v) is 20.6. The number of imidazole rings is 1. The molecule has 2 aromatic heterocycles. The molecule has 4 aromatic rings. The fraction of sp³-hybridized carbons (Fsp3) is 0.200. The number of nitrogens with zero attached hydrogens (tertiary/aromatic N) is 3. The highest BCUT2D eigenvalue weighted by Gasteiger charge is 2.15. The minimum absolute atomic E-state index is 0.00661. The Morgan fingerprint density at radius 1 is 1.08 bits per heavy atom. The zero-order valence-electron chi connectivity index (χ0n) is 19.8. The van der Waals surface area contributed by atoms with Crippen LogP contribution in [0.5, 0.6) is 5.75 Å². The van der Waals surface area contributed by atoms with Crippen LogP contribution in [0.15, 0.2) is 81.6 Å². The molecule has 0 radical (unpaired) electrons. The number of nitrogens with one attached hydrogen (secondary N) is 2. The molecule has 0 aliphatic heterocycles. The molecule has 0 saturated heterocycles. The summed E-state index contributed by atoms with van der Waals surface area (Å²) < 4.78 is 13.4. The summed E-state index contributed by atoms with van der Waals surface area (Å²) in [5, 5.41) is 3.27. The predicted molar refractivity (Wildman–Crippen MR) is 138 cm³/mol. The van der Waals surface area contributed by atoms with Crippen molar-refractivity contribution in [3.05, 3.63) is 87.7 Å². The average Bonchev–Trinajstić information content (AvgIpc) is 3.32. The largest absolute Gasteiger partial charge is 0.497 e. The minimum atomic E-state index is -0.620. The number of rotatable bonds is 10. The molecular formula is C25H25N5O5S. The van der Waals surface area contributed by atoms with E-state index >= 15 is 0 Å². The lowest BCUT2D eigenvalue weighted by atomic mass is 10.2. The van der Waals surface area contributed by atoms with Gasteiger partial charge in [0.2, 0.25) is 5.91 Å².